The summed E-state index contributed by atoms with van der Waals surface area (Å²) in [5, 5.41) is 0. The van der Waals surface area contributed by atoms with E-state index in [4.69, 9.17) is 5.73 Å². The van der Waals surface area contributed by atoms with Crippen LogP contribution in [0.2, 0.25) is 0 Å². The second-order valence-corrected chi connectivity index (χ2v) is 7.22. The largest absolute Gasteiger partial charge is 0.399 e. The van der Waals surface area contributed by atoms with Gasteiger partial charge in [-0.2, -0.15) is 0 Å². The molecule has 0 saturated heterocycles. The average molecular weight is 373 g/mol. The smallest absolute Gasteiger partial charge is 0.262 e. The molecule has 0 spiro atoms. The van der Waals surface area contributed by atoms with Crippen molar-refractivity contribution in [3.8, 4) is 0 Å². The molecule has 3 N–H and O–H groups in total. The molecule has 0 atom stereocenters. The van der Waals surface area contributed by atoms with Crippen LogP contribution in [0.5, 0.6) is 0 Å². The lowest BCUT2D eigenvalue weighted by atomic mass is 10.2. The summed E-state index contributed by atoms with van der Waals surface area (Å²) in [6, 6.07) is 7.28. The Morgan fingerprint density at radius 3 is 2.48 bits per heavy atom. The molecule has 4 nitrogen and oxygen atoms in total. The van der Waals surface area contributed by atoms with Crippen LogP contribution in [0.15, 0.2) is 39.7 Å². The molecule has 0 aromatic heterocycles. The summed E-state index contributed by atoms with van der Waals surface area (Å²) in [5.74, 6) is -0.539. The van der Waals surface area contributed by atoms with E-state index >= 15 is 0 Å². The third-order valence-corrected chi connectivity index (χ3v) is 5.13. The highest BCUT2D eigenvalue weighted by Crippen LogP contribution is 2.27. The maximum absolute atomic E-state index is 13.6. The first kappa shape index (κ1) is 15.8. The van der Waals surface area contributed by atoms with Crippen molar-refractivity contribution >= 4 is 37.3 Å². The maximum atomic E-state index is 13.6. The van der Waals surface area contributed by atoms with Crippen molar-refractivity contribution in [2.45, 2.75) is 18.7 Å². The summed E-state index contributed by atoms with van der Waals surface area (Å²) in [6.07, 6.45) is 0. The van der Waals surface area contributed by atoms with Crippen LogP contribution in [-0.4, -0.2) is 8.42 Å². The molecule has 2 aromatic rings. The third-order valence-electron chi connectivity index (χ3n) is 3.01. The topological polar surface area (TPSA) is 72.2 Å². The van der Waals surface area contributed by atoms with Gasteiger partial charge in [0.1, 0.15) is 5.82 Å². The third kappa shape index (κ3) is 3.36. The number of hydrogen-bond donors (Lipinski definition) is 2. The van der Waals surface area contributed by atoms with Gasteiger partial charge in [0.05, 0.1) is 15.1 Å². The van der Waals surface area contributed by atoms with Gasteiger partial charge in [-0.25, -0.2) is 12.8 Å². The number of benzene rings is 2. The fourth-order valence-corrected chi connectivity index (χ4v) is 3.72. The van der Waals surface area contributed by atoms with Crippen molar-refractivity contribution in [3.63, 3.8) is 0 Å². The molecule has 0 aliphatic carbocycles. The van der Waals surface area contributed by atoms with E-state index < -0.39 is 15.8 Å². The van der Waals surface area contributed by atoms with Gasteiger partial charge in [0.15, 0.2) is 0 Å². The highest BCUT2D eigenvalue weighted by molar-refractivity contribution is 9.10. The maximum Gasteiger partial charge on any atom is 0.262 e. The van der Waals surface area contributed by atoms with Crippen LogP contribution in [0.4, 0.5) is 15.8 Å². The Hall–Kier alpha value is -1.60. The van der Waals surface area contributed by atoms with Gasteiger partial charge in [-0.1, -0.05) is 6.07 Å². The highest BCUT2D eigenvalue weighted by atomic mass is 79.9. The van der Waals surface area contributed by atoms with Gasteiger partial charge in [-0.3, -0.25) is 4.72 Å². The Kier molecular flexibility index (Phi) is 4.25. The van der Waals surface area contributed by atoms with Gasteiger partial charge in [0.25, 0.3) is 10.0 Å². The molecule has 112 valence electrons. The molecule has 0 amide bonds. The lowest BCUT2D eigenvalue weighted by Gasteiger charge is -2.13. The molecule has 0 fully saturated rings. The predicted octanol–water partition coefficient (Wildman–Crippen LogP) is 3.59. The molecular formula is C14H14BrFN2O2S. The number of anilines is 2. The van der Waals surface area contributed by atoms with Crippen molar-refractivity contribution in [3.05, 3.63) is 51.7 Å². The summed E-state index contributed by atoms with van der Waals surface area (Å²) < 4.78 is 41.1. The molecule has 2 aromatic carbocycles. The first-order chi connectivity index (χ1) is 9.70. The molecule has 0 heterocycles. The number of sulfonamides is 1. The summed E-state index contributed by atoms with van der Waals surface area (Å²) in [7, 11) is -3.83. The minimum atomic E-state index is -3.83. The van der Waals surface area contributed by atoms with E-state index in [0.29, 0.717) is 16.8 Å². The van der Waals surface area contributed by atoms with E-state index in [1.54, 1.807) is 26.0 Å². The minimum absolute atomic E-state index is 0.0743. The van der Waals surface area contributed by atoms with Crippen molar-refractivity contribution in [1.82, 2.24) is 0 Å². The van der Waals surface area contributed by atoms with Crippen molar-refractivity contribution in [2.24, 2.45) is 0 Å². The van der Waals surface area contributed by atoms with E-state index in [-0.39, 0.29) is 15.1 Å². The van der Waals surface area contributed by atoms with Crippen LogP contribution < -0.4 is 10.5 Å². The number of nitrogens with two attached hydrogens (primary N) is 1. The van der Waals surface area contributed by atoms with Crippen molar-refractivity contribution in [2.75, 3.05) is 10.5 Å². The predicted molar refractivity (Wildman–Crippen MR) is 85.2 cm³/mol. The van der Waals surface area contributed by atoms with Crippen LogP contribution in [0.3, 0.4) is 0 Å². The van der Waals surface area contributed by atoms with E-state index in [1.165, 1.54) is 12.1 Å². The highest BCUT2D eigenvalue weighted by Gasteiger charge is 2.19. The molecule has 0 bridgehead atoms. The minimum Gasteiger partial charge on any atom is -0.399 e. The lowest BCUT2D eigenvalue weighted by Crippen LogP contribution is -2.15. The van der Waals surface area contributed by atoms with Crippen molar-refractivity contribution in [1.29, 1.82) is 0 Å². The molecule has 0 radical (unpaired) electrons. The van der Waals surface area contributed by atoms with E-state index in [1.807, 2.05) is 0 Å². The fraction of sp³-hybridized carbons (Fsp3) is 0.143. The zero-order chi connectivity index (χ0) is 15.8. The monoisotopic (exact) mass is 372 g/mol. The summed E-state index contributed by atoms with van der Waals surface area (Å²) >= 11 is 3.06. The van der Waals surface area contributed by atoms with Crippen LogP contribution in [0, 0.1) is 19.7 Å². The first-order valence-corrected chi connectivity index (χ1v) is 8.33. The Morgan fingerprint density at radius 2 is 1.81 bits per heavy atom. The Morgan fingerprint density at radius 1 is 1.14 bits per heavy atom. The molecule has 0 saturated carbocycles. The molecule has 0 unspecified atom stereocenters. The zero-order valence-electron chi connectivity index (χ0n) is 11.4. The number of aryl methyl sites for hydroxylation is 2. The molecule has 0 aliphatic rings. The van der Waals surface area contributed by atoms with Crippen LogP contribution in [0.25, 0.3) is 0 Å². The number of rotatable bonds is 3. The van der Waals surface area contributed by atoms with Crippen molar-refractivity contribution < 1.29 is 12.8 Å². The SMILES string of the molecule is Cc1cc(Br)c(F)cc1NS(=O)(=O)c1cc(N)ccc1C. The van der Waals surface area contributed by atoms with E-state index in [9.17, 15) is 12.8 Å². The Labute approximate surface area is 131 Å². The van der Waals surface area contributed by atoms with Gasteiger partial charge in [0.2, 0.25) is 0 Å². The van der Waals surface area contributed by atoms with E-state index in [0.717, 1.165) is 6.07 Å². The summed E-state index contributed by atoms with van der Waals surface area (Å²) in [5.41, 5.74) is 7.34. The number of nitrogen functional groups attached to an aromatic ring is 1. The second-order valence-electron chi connectivity index (χ2n) is 4.71. The first-order valence-electron chi connectivity index (χ1n) is 6.05. The van der Waals surface area contributed by atoms with Gasteiger partial charge < -0.3 is 5.73 Å². The molecule has 0 aliphatic heterocycles. The number of halogens is 2. The standard InChI is InChI=1S/C14H14BrFN2O2S/c1-8-3-4-10(17)6-14(8)21(19,20)18-13-7-12(16)11(15)5-9(13)2/h3-7,18H,17H2,1-2H3. The quantitative estimate of drug-likeness (QED) is 0.808. The molecule has 2 rings (SSSR count). The molecule has 21 heavy (non-hydrogen) atoms. The van der Waals surface area contributed by atoms with Gasteiger partial charge in [-0.15, -0.1) is 0 Å². The average Bonchev–Trinajstić information content (AvgIpc) is 2.38. The zero-order valence-corrected chi connectivity index (χ0v) is 13.8. The Balaban J connectivity index is 2.47. The van der Waals surface area contributed by atoms with Gasteiger partial charge in [-0.05, 0) is 65.2 Å². The number of hydrogen-bond acceptors (Lipinski definition) is 3. The van der Waals surface area contributed by atoms with Crippen LogP contribution in [-0.2, 0) is 10.0 Å². The number of nitrogens with one attached hydrogen (secondary N) is 1. The lowest BCUT2D eigenvalue weighted by molar-refractivity contribution is 0.600. The molecule has 7 heteroatoms. The van der Waals surface area contributed by atoms with Crippen LogP contribution in [0.1, 0.15) is 11.1 Å². The second kappa shape index (κ2) is 5.65. The normalized spacial score (nSPS) is 11.4. The Bertz CT molecular complexity index is 807. The molecular weight excluding hydrogens is 359 g/mol. The summed E-state index contributed by atoms with van der Waals surface area (Å²) in [6.45, 7) is 3.36. The van der Waals surface area contributed by atoms with Gasteiger partial charge in [0, 0.05) is 5.69 Å². The van der Waals surface area contributed by atoms with Gasteiger partial charge >= 0.3 is 0 Å². The summed E-state index contributed by atoms with van der Waals surface area (Å²) in [4.78, 5) is 0.0743. The fourth-order valence-electron chi connectivity index (χ4n) is 1.86. The van der Waals surface area contributed by atoms with E-state index in [2.05, 4.69) is 20.7 Å². The van der Waals surface area contributed by atoms with Crippen LogP contribution >= 0.6 is 15.9 Å².